The van der Waals surface area contributed by atoms with Crippen molar-refractivity contribution in [2.45, 2.75) is 13.3 Å². The van der Waals surface area contributed by atoms with Crippen molar-refractivity contribution >= 4 is 23.8 Å². The molecular weight excluding hydrogens is 228 g/mol. The van der Waals surface area contributed by atoms with Crippen LogP contribution in [-0.2, 0) is 4.79 Å². The molecule has 0 aliphatic carbocycles. The highest BCUT2D eigenvalue weighted by atomic mass is 32.2. The Balaban J connectivity index is 2.31. The van der Waals surface area contributed by atoms with E-state index in [2.05, 4.69) is 12.2 Å². The third-order valence-electron chi connectivity index (χ3n) is 2.34. The summed E-state index contributed by atoms with van der Waals surface area (Å²) in [6.45, 7) is 3.82. The molecule has 0 aromatic heterocycles. The Morgan fingerprint density at radius 1 is 1.56 bits per heavy atom. The summed E-state index contributed by atoms with van der Waals surface area (Å²) in [6.07, 6.45) is -0.0239. The molecular formula is C10H18N2O3S. The number of nitrogens with zero attached hydrogens (tertiary/aromatic N) is 1. The molecule has 0 bridgehead atoms. The van der Waals surface area contributed by atoms with E-state index >= 15 is 0 Å². The molecule has 16 heavy (non-hydrogen) atoms. The minimum atomic E-state index is -0.889. The van der Waals surface area contributed by atoms with E-state index in [4.69, 9.17) is 5.11 Å². The van der Waals surface area contributed by atoms with Gasteiger partial charge in [0.1, 0.15) is 0 Å². The molecule has 6 heteroatoms. The Labute approximate surface area is 99.6 Å². The van der Waals surface area contributed by atoms with Crippen molar-refractivity contribution in [3.8, 4) is 0 Å². The highest BCUT2D eigenvalue weighted by Crippen LogP contribution is 2.15. The van der Waals surface area contributed by atoms with Gasteiger partial charge in [-0.1, -0.05) is 6.92 Å². The van der Waals surface area contributed by atoms with Crippen LogP contribution in [-0.4, -0.2) is 53.1 Å². The van der Waals surface area contributed by atoms with Gasteiger partial charge in [0.2, 0.25) is 0 Å². The van der Waals surface area contributed by atoms with E-state index < -0.39 is 5.97 Å². The number of thioether (sulfide) groups is 1. The number of carbonyl (C=O) groups is 2. The van der Waals surface area contributed by atoms with Crippen LogP contribution in [0.25, 0.3) is 0 Å². The molecule has 1 saturated heterocycles. The number of urea groups is 1. The summed E-state index contributed by atoms with van der Waals surface area (Å²) in [7, 11) is 0. The van der Waals surface area contributed by atoms with E-state index in [0.717, 1.165) is 24.6 Å². The molecule has 0 radical (unpaired) electrons. The lowest BCUT2D eigenvalue weighted by molar-refractivity contribution is -0.136. The number of carbonyl (C=O) groups excluding carboxylic acids is 1. The summed E-state index contributed by atoms with van der Waals surface area (Å²) in [5, 5.41) is 11.1. The Morgan fingerprint density at radius 3 is 3.00 bits per heavy atom. The first-order valence-electron chi connectivity index (χ1n) is 5.42. The normalized spacial score (nSPS) is 21.3. The van der Waals surface area contributed by atoms with E-state index in [1.54, 1.807) is 4.90 Å². The molecule has 5 nitrogen and oxygen atoms in total. The van der Waals surface area contributed by atoms with E-state index in [9.17, 15) is 9.59 Å². The number of hydrogen-bond donors (Lipinski definition) is 2. The van der Waals surface area contributed by atoms with Crippen LogP contribution < -0.4 is 5.32 Å². The summed E-state index contributed by atoms with van der Waals surface area (Å²) >= 11 is 1.86. The maximum Gasteiger partial charge on any atom is 0.317 e. The summed E-state index contributed by atoms with van der Waals surface area (Å²) in [6, 6.07) is -0.143. The smallest absolute Gasteiger partial charge is 0.317 e. The number of amides is 2. The highest BCUT2D eigenvalue weighted by molar-refractivity contribution is 7.99. The number of rotatable bonds is 3. The lowest BCUT2D eigenvalue weighted by Crippen LogP contribution is -2.43. The maximum absolute atomic E-state index is 11.7. The van der Waals surface area contributed by atoms with Crippen LogP contribution in [0.15, 0.2) is 0 Å². The Bertz CT molecular complexity index is 260. The van der Waals surface area contributed by atoms with E-state index in [1.165, 1.54) is 0 Å². The molecule has 0 spiro atoms. The van der Waals surface area contributed by atoms with Gasteiger partial charge in [-0.05, 0) is 11.7 Å². The fourth-order valence-corrected chi connectivity index (χ4v) is 2.58. The molecule has 0 aromatic carbocycles. The van der Waals surface area contributed by atoms with Crippen LogP contribution in [0.4, 0.5) is 4.79 Å². The number of carboxylic acids is 1. The second-order valence-electron chi connectivity index (χ2n) is 4.00. The quantitative estimate of drug-likeness (QED) is 0.774. The van der Waals surface area contributed by atoms with Crippen LogP contribution in [0.3, 0.4) is 0 Å². The molecule has 2 N–H and O–H groups in total. The largest absolute Gasteiger partial charge is 0.481 e. The van der Waals surface area contributed by atoms with Crippen molar-refractivity contribution < 1.29 is 14.7 Å². The lowest BCUT2D eigenvalue weighted by Gasteiger charge is -2.22. The third kappa shape index (κ3) is 4.74. The van der Waals surface area contributed by atoms with E-state index in [1.807, 2.05) is 11.8 Å². The molecule has 92 valence electrons. The van der Waals surface area contributed by atoms with Gasteiger partial charge in [0, 0.05) is 25.4 Å². The lowest BCUT2D eigenvalue weighted by atomic mass is 10.2. The summed E-state index contributed by atoms with van der Waals surface area (Å²) in [5.74, 6) is 1.65. The maximum atomic E-state index is 11.7. The highest BCUT2D eigenvalue weighted by Gasteiger charge is 2.19. The number of hydrogen-bond acceptors (Lipinski definition) is 3. The van der Waals surface area contributed by atoms with Gasteiger partial charge in [-0.2, -0.15) is 11.8 Å². The van der Waals surface area contributed by atoms with Gasteiger partial charge in [0.25, 0.3) is 0 Å². The predicted octanol–water partition coefficient (Wildman–Crippen LogP) is 0.856. The van der Waals surface area contributed by atoms with E-state index in [0.29, 0.717) is 5.92 Å². The zero-order chi connectivity index (χ0) is 12.0. The minimum Gasteiger partial charge on any atom is -0.481 e. The first-order chi connectivity index (χ1) is 7.59. The zero-order valence-electron chi connectivity index (χ0n) is 9.44. The first-order valence-corrected chi connectivity index (χ1v) is 6.57. The Kier molecular flexibility index (Phi) is 5.45. The average Bonchev–Trinajstić information content (AvgIpc) is 2.42. The topological polar surface area (TPSA) is 69.6 Å². The van der Waals surface area contributed by atoms with Crippen LogP contribution in [0.5, 0.6) is 0 Å². The Hall–Kier alpha value is -0.910. The SMILES string of the molecule is CC1CSCCN(C(=O)NCCC(=O)O)C1. The molecule has 1 aliphatic rings. The van der Waals surface area contributed by atoms with Gasteiger partial charge in [0.05, 0.1) is 6.42 Å². The molecule has 0 aromatic rings. The van der Waals surface area contributed by atoms with Crippen LogP contribution in [0, 0.1) is 5.92 Å². The zero-order valence-corrected chi connectivity index (χ0v) is 10.3. The van der Waals surface area contributed by atoms with Crippen LogP contribution in [0.1, 0.15) is 13.3 Å². The van der Waals surface area contributed by atoms with Gasteiger partial charge in [-0.3, -0.25) is 4.79 Å². The average molecular weight is 246 g/mol. The summed E-state index contributed by atoms with van der Waals surface area (Å²) < 4.78 is 0. The molecule has 1 aliphatic heterocycles. The van der Waals surface area contributed by atoms with Gasteiger partial charge in [-0.15, -0.1) is 0 Å². The predicted molar refractivity (Wildman–Crippen MR) is 63.7 cm³/mol. The molecule has 1 atom stereocenters. The van der Waals surface area contributed by atoms with Gasteiger partial charge >= 0.3 is 12.0 Å². The molecule has 1 rings (SSSR count). The molecule has 1 heterocycles. The van der Waals surface area contributed by atoms with Crippen LogP contribution >= 0.6 is 11.8 Å². The second-order valence-corrected chi connectivity index (χ2v) is 5.15. The van der Waals surface area contributed by atoms with Crippen molar-refractivity contribution in [2.24, 2.45) is 5.92 Å². The molecule has 1 unspecified atom stereocenters. The number of nitrogens with one attached hydrogen (secondary N) is 1. The van der Waals surface area contributed by atoms with Crippen LogP contribution in [0.2, 0.25) is 0 Å². The second kappa shape index (κ2) is 6.62. The third-order valence-corrected chi connectivity index (χ3v) is 3.62. The minimum absolute atomic E-state index is 0.0239. The fraction of sp³-hybridized carbons (Fsp3) is 0.800. The van der Waals surface area contributed by atoms with Crippen molar-refractivity contribution in [2.75, 3.05) is 31.1 Å². The Morgan fingerprint density at radius 2 is 2.31 bits per heavy atom. The van der Waals surface area contributed by atoms with E-state index in [-0.39, 0.29) is 19.0 Å². The molecule has 1 fully saturated rings. The fourth-order valence-electron chi connectivity index (χ4n) is 1.55. The van der Waals surface area contributed by atoms with Gasteiger partial charge < -0.3 is 15.3 Å². The van der Waals surface area contributed by atoms with Crippen molar-refractivity contribution in [3.63, 3.8) is 0 Å². The summed E-state index contributed by atoms with van der Waals surface area (Å²) in [4.78, 5) is 23.8. The molecule has 2 amide bonds. The number of carboxylic acid groups (broad SMARTS) is 1. The summed E-state index contributed by atoms with van der Waals surface area (Å²) in [5.41, 5.74) is 0. The number of aliphatic carboxylic acids is 1. The van der Waals surface area contributed by atoms with Crippen molar-refractivity contribution in [1.82, 2.24) is 10.2 Å². The first kappa shape index (κ1) is 13.2. The standard InChI is InChI=1S/C10H18N2O3S/c1-8-6-12(4-5-16-7-8)10(15)11-3-2-9(13)14/h8H,2-7H2,1H3,(H,11,15)(H,13,14). The van der Waals surface area contributed by atoms with Crippen molar-refractivity contribution in [3.05, 3.63) is 0 Å². The van der Waals surface area contributed by atoms with Crippen molar-refractivity contribution in [1.29, 1.82) is 0 Å². The monoisotopic (exact) mass is 246 g/mol. The van der Waals surface area contributed by atoms with Gasteiger partial charge in [0.15, 0.2) is 0 Å². The molecule has 0 saturated carbocycles. The van der Waals surface area contributed by atoms with Gasteiger partial charge in [-0.25, -0.2) is 4.79 Å².